The van der Waals surface area contributed by atoms with Crippen LogP contribution in [0.25, 0.3) is 0 Å². The molecule has 7 heteroatoms. The maximum Gasteiger partial charge on any atom is 1.00 e. The number of rotatable bonds is 7. The van der Waals surface area contributed by atoms with Crippen molar-refractivity contribution in [3.05, 3.63) is 24.3 Å². The van der Waals surface area contributed by atoms with E-state index in [2.05, 4.69) is 0 Å². The molecule has 1 rings (SSSR count). The summed E-state index contributed by atoms with van der Waals surface area (Å²) >= 11 is 0. The van der Waals surface area contributed by atoms with Gasteiger partial charge in [0.1, 0.15) is 12.4 Å². The fraction of sp³-hybridized carbons (Fsp3) is 0.455. The smallest absolute Gasteiger partial charge is 0.491 e. The zero-order valence-electron chi connectivity index (χ0n) is 10.7. The quantitative estimate of drug-likeness (QED) is 0.499. The minimum absolute atomic E-state index is 0. The molecule has 0 saturated heterocycles. The third kappa shape index (κ3) is 7.16. The van der Waals surface area contributed by atoms with Crippen molar-refractivity contribution in [1.82, 2.24) is 0 Å². The maximum atomic E-state index is 12.3. The van der Waals surface area contributed by atoms with E-state index in [0.717, 1.165) is 18.6 Å². The van der Waals surface area contributed by atoms with Crippen molar-refractivity contribution in [2.75, 3.05) is 19.8 Å². The molecule has 0 bridgehead atoms. The Morgan fingerprint density at radius 1 is 1.00 bits per heavy atom. The summed E-state index contributed by atoms with van der Waals surface area (Å²) in [6.45, 7) is -1.47. The first-order valence-electron chi connectivity index (χ1n) is 5.54. The van der Waals surface area contributed by atoms with Crippen LogP contribution in [0.15, 0.2) is 24.3 Å². The zero-order valence-corrected chi connectivity index (χ0v) is 13.8. The van der Waals surface area contributed by atoms with Gasteiger partial charge in [-0.2, -0.15) is 0 Å². The molecule has 96 valence electrons. The molecule has 1 aromatic rings. The summed E-state index contributed by atoms with van der Waals surface area (Å²) < 4.78 is 47.4. The maximum absolute atomic E-state index is 12.3. The van der Waals surface area contributed by atoms with E-state index < -0.39 is 12.4 Å². The van der Waals surface area contributed by atoms with Crippen molar-refractivity contribution in [1.29, 1.82) is 0 Å². The van der Waals surface area contributed by atoms with Crippen LogP contribution in [0.2, 0.25) is 0 Å². The molecule has 0 N–H and O–H groups in total. The molecule has 0 aliphatic carbocycles. The zero-order chi connectivity index (χ0) is 12.7. The van der Waals surface area contributed by atoms with Gasteiger partial charge in [0.05, 0.1) is 6.61 Å². The van der Waals surface area contributed by atoms with Crippen molar-refractivity contribution >= 4 is 12.4 Å². The Labute approximate surface area is 148 Å². The molecule has 2 nitrogen and oxygen atoms in total. The number of hydrogen-bond donors (Lipinski definition) is 0. The van der Waals surface area contributed by atoms with Gasteiger partial charge in [-0.05, 0) is 18.6 Å². The summed E-state index contributed by atoms with van der Waals surface area (Å²) in [7, 11) is 0. The molecule has 0 atom stereocenters. The summed E-state index contributed by atoms with van der Waals surface area (Å²) in [6.07, 6.45) is 0.933. The van der Waals surface area contributed by atoms with Gasteiger partial charge < -0.3 is 22.4 Å². The van der Waals surface area contributed by atoms with Crippen LogP contribution >= 0.6 is 0 Å². The normalized spacial score (nSPS) is 10.9. The fourth-order valence-corrected chi connectivity index (χ4v) is 1.25. The Kier molecular flexibility index (Phi) is 9.63. The van der Waals surface area contributed by atoms with Gasteiger partial charge in [-0.1, -0.05) is 19.1 Å². The van der Waals surface area contributed by atoms with E-state index in [0.29, 0.717) is 25.6 Å². The average Bonchev–Trinajstić information content (AvgIpc) is 2.28. The molecule has 0 amide bonds. The minimum atomic E-state index is -4.92. The van der Waals surface area contributed by atoms with E-state index in [1.54, 1.807) is 0 Å². The summed E-state index contributed by atoms with van der Waals surface area (Å²) in [5.74, 6) is 0.425. The van der Waals surface area contributed by atoms with Crippen LogP contribution in [0.5, 0.6) is 5.75 Å². The first kappa shape index (κ1) is 18.5. The summed E-state index contributed by atoms with van der Waals surface area (Å²) in [4.78, 5) is 0. The number of halogens is 3. The van der Waals surface area contributed by atoms with E-state index in [1.807, 2.05) is 6.92 Å². The first-order chi connectivity index (χ1) is 8.04. The van der Waals surface area contributed by atoms with Crippen LogP contribution in [0.3, 0.4) is 0 Å². The van der Waals surface area contributed by atoms with Gasteiger partial charge in [0, 0.05) is 6.61 Å². The van der Waals surface area contributed by atoms with Crippen molar-refractivity contribution < 1.29 is 73.8 Å². The molecule has 1 aromatic carbocycles. The van der Waals surface area contributed by atoms with Crippen LogP contribution in [0, 0.1) is 0 Å². The molecule has 0 aromatic heterocycles. The molecule has 0 aliphatic heterocycles. The number of benzene rings is 1. The van der Waals surface area contributed by atoms with Gasteiger partial charge >= 0.3 is 58.4 Å². The van der Waals surface area contributed by atoms with Crippen LogP contribution in [-0.2, 0) is 4.74 Å². The Morgan fingerprint density at radius 3 is 2.11 bits per heavy atom. The van der Waals surface area contributed by atoms with Gasteiger partial charge in [-0.25, -0.2) is 0 Å². The van der Waals surface area contributed by atoms with Crippen molar-refractivity contribution in [2.45, 2.75) is 13.3 Å². The van der Waals surface area contributed by atoms with Crippen molar-refractivity contribution in [3.63, 3.8) is 0 Å². The van der Waals surface area contributed by atoms with E-state index in [-0.39, 0.29) is 51.4 Å². The Balaban J connectivity index is 0.00000289. The molecular weight excluding hydrogens is 271 g/mol. The third-order valence-corrected chi connectivity index (χ3v) is 2.10. The largest absolute Gasteiger partial charge is 1.00 e. The molecule has 0 fully saturated rings. The molecular formula is C11H15BF3KO2. The van der Waals surface area contributed by atoms with Gasteiger partial charge in [0.2, 0.25) is 0 Å². The van der Waals surface area contributed by atoms with E-state index >= 15 is 0 Å². The standard InChI is InChI=1S/C11H15BF3O2.K/c1-2-7-16-8-9-17-11-5-3-10(4-6-11)12(13,14)15;/h3-6H,2,7-9H2,1H3;/q-1;+1. The van der Waals surface area contributed by atoms with Gasteiger partial charge in [0.15, 0.2) is 0 Å². The molecule has 0 saturated carbocycles. The number of hydrogen-bond acceptors (Lipinski definition) is 2. The summed E-state index contributed by atoms with van der Waals surface area (Å²) in [5.41, 5.74) is -0.611. The Morgan fingerprint density at radius 2 is 1.61 bits per heavy atom. The SMILES string of the molecule is CCCOCCOc1ccc([B-](F)(F)F)cc1.[K+]. The van der Waals surface area contributed by atoms with Crippen LogP contribution in [-0.4, -0.2) is 26.8 Å². The van der Waals surface area contributed by atoms with Gasteiger partial charge in [0.25, 0.3) is 0 Å². The third-order valence-electron chi connectivity index (χ3n) is 2.10. The van der Waals surface area contributed by atoms with Crippen LogP contribution in [0.1, 0.15) is 13.3 Å². The topological polar surface area (TPSA) is 18.5 Å². The molecule has 0 unspecified atom stereocenters. The van der Waals surface area contributed by atoms with Crippen molar-refractivity contribution in [3.8, 4) is 5.75 Å². The average molecular weight is 286 g/mol. The predicted octanol–water partition coefficient (Wildman–Crippen LogP) is -0.450. The molecule has 0 heterocycles. The fourth-order valence-electron chi connectivity index (χ4n) is 1.25. The Hall–Kier alpha value is 0.471. The first-order valence-corrected chi connectivity index (χ1v) is 5.54. The molecule has 18 heavy (non-hydrogen) atoms. The monoisotopic (exact) mass is 286 g/mol. The van der Waals surface area contributed by atoms with Gasteiger partial charge in [-0.15, -0.1) is 5.46 Å². The second-order valence-corrected chi connectivity index (χ2v) is 3.60. The second-order valence-electron chi connectivity index (χ2n) is 3.60. The predicted molar refractivity (Wildman–Crippen MR) is 61.8 cm³/mol. The summed E-state index contributed by atoms with van der Waals surface area (Å²) in [6, 6.07) is 4.71. The van der Waals surface area contributed by atoms with E-state index in [4.69, 9.17) is 9.47 Å². The van der Waals surface area contributed by atoms with Crippen molar-refractivity contribution in [2.24, 2.45) is 0 Å². The molecule has 0 radical (unpaired) electrons. The van der Waals surface area contributed by atoms with Gasteiger partial charge in [-0.3, -0.25) is 0 Å². The molecule has 0 spiro atoms. The number of ether oxygens (including phenoxy) is 2. The minimum Gasteiger partial charge on any atom is -0.491 e. The van der Waals surface area contributed by atoms with Crippen LogP contribution in [0.4, 0.5) is 12.9 Å². The van der Waals surface area contributed by atoms with Crippen LogP contribution < -0.4 is 61.6 Å². The Bertz CT molecular complexity index is 330. The van der Waals surface area contributed by atoms with E-state index in [1.165, 1.54) is 12.1 Å². The molecule has 0 aliphatic rings. The second kappa shape index (κ2) is 9.39. The summed E-state index contributed by atoms with van der Waals surface area (Å²) in [5, 5.41) is 0. The van der Waals surface area contributed by atoms with E-state index in [9.17, 15) is 12.9 Å².